The summed E-state index contributed by atoms with van der Waals surface area (Å²) in [5.41, 5.74) is 0.699. The van der Waals surface area contributed by atoms with Gasteiger partial charge in [-0.1, -0.05) is 30.3 Å². The van der Waals surface area contributed by atoms with Crippen LogP contribution in [0.15, 0.2) is 73.2 Å². The zero-order chi connectivity index (χ0) is 30.2. The van der Waals surface area contributed by atoms with E-state index in [0.717, 1.165) is 5.56 Å². The smallest absolute Gasteiger partial charge is 0.251 e. The van der Waals surface area contributed by atoms with Crippen LogP contribution in [0.5, 0.6) is 0 Å². The molecule has 4 aromatic rings. The Hall–Kier alpha value is -4.54. The molecule has 1 N–H and O–H groups in total. The van der Waals surface area contributed by atoms with Gasteiger partial charge in [0.05, 0.1) is 0 Å². The van der Waals surface area contributed by atoms with E-state index in [1.54, 1.807) is 48.3 Å². The number of imidazole rings is 1. The van der Waals surface area contributed by atoms with E-state index in [1.165, 1.54) is 23.1 Å². The molecule has 1 fully saturated rings. The van der Waals surface area contributed by atoms with Crippen molar-refractivity contribution in [1.29, 1.82) is 0 Å². The number of anilines is 1. The number of nitrogens with zero attached hydrogens (tertiary/aromatic N) is 5. The SMILES string of the molecule is Cc1nc(-c2ncccn2)cn1CC(=O)N(c1cccc(F)c1)C1(C(=O)NC2CCC(F)(F)CC2)CCc2ccccc21. The van der Waals surface area contributed by atoms with E-state index >= 15 is 0 Å². The van der Waals surface area contributed by atoms with Crippen molar-refractivity contribution in [3.05, 3.63) is 96.0 Å². The number of carbonyl (C=O) groups excluding carboxylic acids is 2. The molecule has 2 aromatic heterocycles. The summed E-state index contributed by atoms with van der Waals surface area (Å²) >= 11 is 0. The molecule has 6 rings (SSSR count). The molecular formula is C32H31F3N6O2. The summed E-state index contributed by atoms with van der Waals surface area (Å²) < 4.78 is 44.2. The van der Waals surface area contributed by atoms with Crippen molar-refractivity contribution < 1.29 is 22.8 Å². The van der Waals surface area contributed by atoms with E-state index in [0.29, 0.717) is 29.3 Å². The highest BCUT2D eigenvalue weighted by atomic mass is 19.3. The second-order valence-corrected chi connectivity index (χ2v) is 11.2. The second-order valence-electron chi connectivity index (χ2n) is 11.2. The molecule has 2 aliphatic carbocycles. The Morgan fingerprint density at radius 2 is 1.77 bits per heavy atom. The Labute approximate surface area is 247 Å². The molecule has 1 unspecified atom stereocenters. The minimum atomic E-state index is -2.76. The van der Waals surface area contributed by atoms with Gasteiger partial charge in [0, 0.05) is 43.2 Å². The average molecular weight is 589 g/mol. The molecule has 2 amide bonds. The van der Waals surface area contributed by atoms with Crippen molar-refractivity contribution in [2.75, 3.05) is 4.90 Å². The third-order valence-corrected chi connectivity index (χ3v) is 8.42. The lowest BCUT2D eigenvalue weighted by Gasteiger charge is -2.42. The predicted octanol–water partition coefficient (Wildman–Crippen LogP) is 5.36. The number of aromatic nitrogens is 4. The van der Waals surface area contributed by atoms with Gasteiger partial charge in [-0.3, -0.25) is 14.5 Å². The van der Waals surface area contributed by atoms with Gasteiger partial charge < -0.3 is 9.88 Å². The topological polar surface area (TPSA) is 93.0 Å². The number of benzene rings is 2. The summed E-state index contributed by atoms with van der Waals surface area (Å²) in [5.74, 6) is -3.32. The molecule has 1 atom stereocenters. The molecule has 0 bridgehead atoms. The number of fused-ring (bicyclic) bond motifs is 1. The number of rotatable bonds is 7. The summed E-state index contributed by atoms with van der Waals surface area (Å²) in [5, 5.41) is 3.01. The van der Waals surface area contributed by atoms with Crippen molar-refractivity contribution in [1.82, 2.24) is 24.8 Å². The van der Waals surface area contributed by atoms with Crippen molar-refractivity contribution in [2.45, 2.75) is 69.5 Å². The van der Waals surface area contributed by atoms with Gasteiger partial charge in [0.2, 0.25) is 11.8 Å². The number of amides is 2. The largest absolute Gasteiger partial charge is 0.351 e. The van der Waals surface area contributed by atoms with Crippen LogP contribution in [0.3, 0.4) is 0 Å². The quantitative estimate of drug-likeness (QED) is 0.314. The molecule has 1 saturated carbocycles. The Balaban J connectivity index is 1.41. The van der Waals surface area contributed by atoms with Crippen LogP contribution < -0.4 is 10.2 Å². The molecule has 8 nitrogen and oxygen atoms in total. The van der Waals surface area contributed by atoms with E-state index in [9.17, 15) is 22.8 Å². The van der Waals surface area contributed by atoms with Gasteiger partial charge in [0.1, 0.15) is 23.9 Å². The Bertz CT molecular complexity index is 1650. The number of carbonyl (C=O) groups is 2. The third kappa shape index (κ3) is 5.51. The molecule has 0 saturated heterocycles. The van der Waals surface area contributed by atoms with E-state index in [4.69, 9.17) is 0 Å². The van der Waals surface area contributed by atoms with Gasteiger partial charge in [-0.15, -0.1) is 0 Å². The first kappa shape index (κ1) is 28.6. The lowest BCUT2D eigenvalue weighted by Crippen LogP contribution is -2.60. The molecule has 2 aromatic carbocycles. The van der Waals surface area contributed by atoms with Crippen molar-refractivity contribution >= 4 is 17.5 Å². The van der Waals surface area contributed by atoms with Crippen molar-refractivity contribution in [3.63, 3.8) is 0 Å². The highest BCUT2D eigenvalue weighted by Gasteiger charge is 2.53. The predicted molar refractivity (Wildman–Crippen MR) is 154 cm³/mol. The number of alkyl halides is 2. The zero-order valence-corrected chi connectivity index (χ0v) is 23.6. The number of halogens is 3. The maximum atomic E-state index is 14.7. The first-order valence-electron chi connectivity index (χ1n) is 14.3. The molecule has 11 heteroatoms. The molecule has 43 heavy (non-hydrogen) atoms. The second kappa shape index (κ2) is 11.3. The van der Waals surface area contributed by atoms with Crippen LogP contribution >= 0.6 is 0 Å². The number of aryl methyl sites for hydroxylation is 2. The van der Waals surface area contributed by atoms with E-state index in [1.807, 2.05) is 18.2 Å². The summed E-state index contributed by atoms with van der Waals surface area (Å²) in [4.78, 5) is 43.3. The van der Waals surface area contributed by atoms with Gasteiger partial charge >= 0.3 is 0 Å². The summed E-state index contributed by atoms with van der Waals surface area (Å²) in [6, 6.07) is 14.2. The summed E-state index contributed by atoms with van der Waals surface area (Å²) in [6.07, 6.45) is 5.24. The Morgan fingerprint density at radius 1 is 1.02 bits per heavy atom. The molecule has 2 heterocycles. The van der Waals surface area contributed by atoms with Gasteiger partial charge in [-0.25, -0.2) is 28.1 Å². The molecule has 2 aliphatic rings. The lowest BCUT2D eigenvalue weighted by atomic mass is 9.85. The minimum absolute atomic E-state index is 0.128. The number of hydrogen-bond donors (Lipinski definition) is 1. The summed E-state index contributed by atoms with van der Waals surface area (Å²) in [6.45, 7) is 1.55. The molecule has 0 spiro atoms. The van der Waals surface area contributed by atoms with Crippen LogP contribution in [0, 0.1) is 12.7 Å². The highest BCUT2D eigenvalue weighted by Crippen LogP contribution is 2.45. The maximum Gasteiger partial charge on any atom is 0.251 e. The van der Waals surface area contributed by atoms with Crippen LogP contribution in [0.4, 0.5) is 18.9 Å². The van der Waals surface area contributed by atoms with Crippen molar-refractivity contribution in [2.24, 2.45) is 0 Å². The molecule has 0 radical (unpaired) electrons. The monoisotopic (exact) mass is 588 g/mol. The average Bonchev–Trinajstić information content (AvgIpc) is 3.56. The first-order valence-corrected chi connectivity index (χ1v) is 14.3. The maximum absolute atomic E-state index is 14.7. The van der Waals surface area contributed by atoms with Gasteiger partial charge in [-0.05, 0) is 68.0 Å². The Morgan fingerprint density at radius 3 is 2.51 bits per heavy atom. The lowest BCUT2D eigenvalue weighted by molar-refractivity contribution is -0.132. The molecule has 0 aliphatic heterocycles. The van der Waals surface area contributed by atoms with E-state index in [2.05, 4.69) is 20.3 Å². The fourth-order valence-corrected chi connectivity index (χ4v) is 6.27. The van der Waals surface area contributed by atoms with Crippen LogP contribution in [0.25, 0.3) is 11.5 Å². The number of nitrogens with one attached hydrogen (secondary N) is 1. The van der Waals surface area contributed by atoms with E-state index in [-0.39, 0.29) is 44.3 Å². The van der Waals surface area contributed by atoms with Gasteiger partial charge in [0.25, 0.3) is 5.91 Å². The van der Waals surface area contributed by atoms with Gasteiger partial charge in [-0.2, -0.15) is 0 Å². The van der Waals surface area contributed by atoms with Gasteiger partial charge in [0.15, 0.2) is 11.4 Å². The van der Waals surface area contributed by atoms with Crippen molar-refractivity contribution in [3.8, 4) is 11.5 Å². The molecular weight excluding hydrogens is 557 g/mol. The zero-order valence-electron chi connectivity index (χ0n) is 23.6. The fraction of sp³-hybridized carbons (Fsp3) is 0.344. The standard InChI is InChI=1S/C32H31F3N6O2/c1-21-38-27(29-36-16-5-17-37-29)19-40(21)20-28(42)41(25-8-4-7-23(33)18-25)32(15-10-22-6-2-3-9-26(22)32)30(43)39-24-11-13-31(34,35)14-12-24/h2-9,16-19,24H,10-15,20H2,1H3,(H,39,43). The van der Waals surface area contributed by atoms with Crippen LogP contribution in [-0.4, -0.2) is 43.3 Å². The minimum Gasteiger partial charge on any atom is -0.351 e. The Kier molecular flexibility index (Phi) is 7.49. The highest BCUT2D eigenvalue weighted by molar-refractivity contribution is 6.05. The van der Waals surface area contributed by atoms with Crippen LogP contribution in [0.2, 0.25) is 0 Å². The number of hydrogen-bond acceptors (Lipinski definition) is 5. The normalized spacial score (nSPS) is 19.5. The summed E-state index contributed by atoms with van der Waals surface area (Å²) in [7, 11) is 0. The third-order valence-electron chi connectivity index (χ3n) is 8.42. The van der Waals surface area contributed by atoms with Crippen LogP contribution in [0.1, 0.15) is 49.1 Å². The first-order chi connectivity index (χ1) is 20.7. The van der Waals surface area contributed by atoms with E-state index < -0.39 is 35.1 Å². The van der Waals surface area contributed by atoms with Crippen LogP contribution in [-0.2, 0) is 28.1 Å². The fourth-order valence-electron chi connectivity index (χ4n) is 6.27. The molecule has 222 valence electrons.